The highest BCUT2D eigenvalue weighted by Gasteiger charge is 2.22. The van der Waals surface area contributed by atoms with Gasteiger partial charge in [0, 0.05) is 5.56 Å². The molecule has 176 valence electrons. The van der Waals surface area contributed by atoms with E-state index in [1.54, 1.807) is 12.1 Å². The Bertz CT molecular complexity index is 1510. The van der Waals surface area contributed by atoms with Crippen LogP contribution in [0.3, 0.4) is 0 Å². The van der Waals surface area contributed by atoms with Gasteiger partial charge in [0.05, 0.1) is 18.4 Å². The Morgan fingerprint density at radius 3 is 2.37 bits per heavy atom. The van der Waals surface area contributed by atoms with E-state index in [0.29, 0.717) is 12.1 Å². The first-order valence-electron chi connectivity index (χ1n) is 10.3. The maximum Gasteiger partial charge on any atom is 0.280 e. The second-order valence-corrected chi connectivity index (χ2v) is 7.51. The summed E-state index contributed by atoms with van der Waals surface area (Å²) in [5.74, 6) is -1.58. The van der Waals surface area contributed by atoms with Crippen LogP contribution < -0.4 is 5.32 Å². The molecule has 3 aromatic heterocycles. The highest BCUT2D eigenvalue weighted by atomic mass is 19.3. The van der Waals surface area contributed by atoms with E-state index in [2.05, 4.69) is 25.5 Å². The molecule has 5 rings (SSSR count). The Kier molecular flexibility index (Phi) is 5.69. The minimum atomic E-state index is -2.90. The molecule has 5 aromatic rings. The molecule has 0 spiro atoms. The van der Waals surface area contributed by atoms with Crippen LogP contribution in [0, 0.1) is 11.6 Å². The second kappa shape index (κ2) is 8.97. The number of anilines is 1. The fourth-order valence-electron chi connectivity index (χ4n) is 3.44. The van der Waals surface area contributed by atoms with E-state index in [-0.39, 0.29) is 28.7 Å². The Morgan fingerprint density at radius 1 is 1.00 bits per heavy atom. The van der Waals surface area contributed by atoms with Crippen LogP contribution in [0.4, 0.5) is 23.5 Å². The standard InChI is InChI=1S/C23H15F4N7O/c24-15-5-1-13(2-6-15)11-33-12-28-23(32-33)31-22(35)17-10-29-34-19(20(26)27)9-18(30-21(17)34)14-3-7-16(25)8-4-14/h1-10,12,20H,11H2,(H,31,32,35). The van der Waals surface area contributed by atoms with E-state index in [0.717, 1.165) is 22.3 Å². The van der Waals surface area contributed by atoms with Crippen LogP contribution in [0.2, 0.25) is 0 Å². The zero-order valence-corrected chi connectivity index (χ0v) is 17.7. The average Bonchev–Trinajstić information content (AvgIpc) is 3.47. The second-order valence-electron chi connectivity index (χ2n) is 7.51. The molecule has 12 heteroatoms. The minimum Gasteiger partial charge on any atom is -0.289 e. The monoisotopic (exact) mass is 481 g/mol. The maximum absolute atomic E-state index is 13.7. The first-order valence-corrected chi connectivity index (χ1v) is 10.3. The summed E-state index contributed by atoms with van der Waals surface area (Å²) in [5, 5.41) is 10.5. The fraction of sp³-hybridized carbons (Fsp3) is 0.0870. The first kappa shape index (κ1) is 22.2. The lowest BCUT2D eigenvalue weighted by atomic mass is 10.1. The SMILES string of the molecule is O=C(Nc1ncn(Cc2ccc(F)cc2)n1)c1cnn2c(C(F)F)cc(-c3ccc(F)cc3)nc12. The molecule has 0 radical (unpaired) electrons. The molecule has 1 amide bonds. The van der Waals surface area contributed by atoms with Crippen LogP contribution in [-0.4, -0.2) is 35.3 Å². The van der Waals surface area contributed by atoms with Crippen LogP contribution in [0.25, 0.3) is 16.9 Å². The molecule has 0 saturated heterocycles. The van der Waals surface area contributed by atoms with Crippen LogP contribution in [0.5, 0.6) is 0 Å². The molecule has 35 heavy (non-hydrogen) atoms. The summed E-state index contributed by atoms with van der Waals surface area (Å²) in [6.45, 7) is 0.292. The number of alkyl halides is 2. The van der Waals surface area contributed by atoms with Crippen molar-refractivity contribution in [3.8, 4) is 11.3 Å². The van der Waals surface area contributed by atoms with Gasteiger partial charge in [0.25, 0.3) is 12.3 Å². The van der Waals surface area contributed by atoms with Crippen LogP contribution in [0.15, 0.2) is 67.1 Å². The van der Waals surface area contributed by atoms with Gasteiger partial charge >= 0.3 is 0 Å². The lowest BCUT2D eigenvalue weighted by Crippen LogP contribution is -2.14. The van der Waals surface area contributed by atoms with E-state index < -0.39 is 23.8 Å². The van der Waals surface area contributed by atoms with Crippen molar-refractivity contribution in [2.75, 3.05) is 5.32 Å². The van der Waals surface area contributed by atoms with Gasteiger partial charge in [0.1, 0.15) is 29.2 Å². The number of hydrogen-bond acceptors (Lipinski definition) is 5. The number of amides is 1. The van der Waals surface area contributed by atoms with Crippen LogP contribution >= 0.6 is 0 Å². The average molecular weight is 481 g/mol. The zero-order chi connectivity index (χ0) is 24.5. The van der Waals surface area contributed by atoms with Gasteiger partial charge in [0.15, 0.2) is 5.65 Å². The molecule has 0 bridgehead atoms. The van der Waals surface area contributed by atoms with Crippen molar-refractivity contribution in [2.45, 2.75) is 13.0 Å². The van der Waals surface area contributed by atoms with Crippen LogP contribution in [-0.2, 0) is 6.54 Å². The summed E-state index contributed by atoms with van der Waals surface area (Å²) in [7, 11) is 0. The van der Waals surface area contributed by atoms with Crippen molar-refractivity contribution in [3.63, 3.8) is 0 Å². The summed E-state index contributed by atoms with van der Waals surface area (Å²) in [6.07, 6.45) is -0.401. The first-order chi connectivity index (χ1) is 16.9. The molecule has 0 saturated carbocycles. The van der Waals surface area contributed by atoms with Crippen molar-refractivity contribution in [3.05, 3.63) is 95.6 Å². The van der Waals surface area contributed by atoms with Gasteiger partial charge in [-0.1, -0.05) is 12.1 Å². The highest BCUT2D eigenvalue weighted by molar-refractivity contribution is 6.07. The molecule has 0 unspecified atom stereocenters. The number of aromatic nitrogens is 6. The number of rotatable bonds is 6. The summed E-state index contributed by atoms with van der Waals surface area (Å²) in [6, 6.07) is 12.1. The molecule has 8 nitrogen and oxygen atoms in total. The van der Waals surface area contributed by atoms with Gasteiger partial charge in [-0.15, -0.1) is 5.10 Å². The van der Waals surface area contributed by atoms with Crippen molar-refractivity contribution in [1.29, 1.82) is 0 Å². The maximum atomic E-state index is 13.7. The van der Waals surface area contributed by atoms with Gasteiger partial charge < -0.3 is 0 Å². The van der Waals surface area contributed by atoms with Crippen molar-refractivity contribution >= 4 is 17.5 Å². The quantitative estimate of drug-likeness (QED) is 0.361. The summed E-state index contributed by atoms with van der Waals surface area (Å²) < 4.78 is 56.1. The Labute approximate surface area is 194 Å². The number of nitrogens with one attached hydrogen (secondary N) is 1. The molecule has 0 atom stereocenters. The van der Waals surface area contributed by atoms with E-state index in [1.807, 2.05) is 0 Å². The Morgan fingerprint density at radius 2 is 1.69 bits per heavy atom. The largest absolute Gasteiger partial charge is 0.289 e. The predicted molar refractivity (Wildman–Crippen MR) is 117 cm³/mol. The van der Waals surface area contributed by atoms with E-state index in [4.69, 9.17) is 0 Å². The number of nitrogens with zero attached hydrogens (tertiary/aromatic N) is 6. The Hall–Kier alpha value is -4.61. The molecular weight excluding hydrogens is 466 g/mol. The van der Waals surface area contributed by atoms with Crippen LogP contribution in [0.1, 0.15) is 28.0 Å². The molecule has 0 aliphatic heterocycles. The third-order valence-electron chi connectivity index (χ3n) is 5.13. The predicted octanol–water partition coefficient (Wildman–Crippen LogP) is 4.50. The Balaban J connectivity index is 1.43. The number of carbonyl (C=O) groups excluding carboxylic acids is 1. The summed E-state index contributed by atoms with van der Waals surface area (Å²) in [4.78, 5) is 21.2. The zero-order valence-electron chi connectivity index (χ0n) is 17.7. The molecule has 3 heterocycles. The molecular formula is C23H15F4N7O. The van der Waals surface area contributed by atoms with Crippen molar-refractivity contribution in [1.82, 2.24) is 29.4 Å². The van der Waals surface area contributed by atoms with Gasteiger partial charge in [-0.2, -0.15) is 5.10 Å². The van der Waals surface area contributed by atoms with Gasteiger partial charge in [-0.3, -0.25) is 10.1 Å². The number of benzene rings is 2. The van der Waals surface area contributed by atoms with Gasteiger partial charge in [-0.05, 0) is 48.0 Å². The molecule has 1 N–H and O–H groups in total. The van der Waals surface area contributed by atoms with E-state index in [1.165, 1.54) is 47.4 Å². The van der Waals surface area contributed by atoms with E-state index in [9.17, 15) is 22.4 Å². The van der Waals surface area contributed by atoms with Gasteiger partial charge in [-0.25, -0.2) is 36.7 Å². The van der Waals surface area contributed by atoms with Gasteiger partial charge in [0.2, 0.25) is 5.95 Å². The molecule has 0 aliphatic carbocycles. The van der Waals surface area contributed by atoms with Crippen molar-refractivity contribution < 1.29 is 22.4 Å². The van der Waals surface area contributed by atoms with Crippen molar-refractivity contribution in [2.24, 2.45) is 0 Å². The minimum absolute atomic E-state index is 0.0276. The number of hydrogen-bond donors (Lipinski definition) is 1. The van der Waals surface area contributed by atoms with E-state index >= 15 is 0 Å². The number of fused-ring (bicyclic) bond motifs is 1. The smallest absolute Gasteiger partial charge is 0.280 e. The molecule has 0 aliphatic rings. The number of halogens is 4. The summed E-state index contributed by atoms with van der Waals surface area (Å²) >= 11 is 0. The number of carbonyl (C=O) groups is 1. The third kappa shape index (κ3) is 4.58. The lowest BCUT2D eigenvalue weighted by Gasteiger charge is -2.08. The topological polar surface area (TPSA) is 90.0 Å². The lowest BCUT2D eigenvalue weighted by molar-refractivity contribution is 0.102. The third-order valence-corrected chi connectivity index (χ3v) is 5.13. The normalized spacial score (nSPS) is 11.3. The molecule has 2 aromatic carbocycles. The highest BCUT2D eigenvalue weighted by Crippen LogP contribution is 2.27. The molecule has 0 fully saturated rings. The summed E-state index contributed by atoms with van der Waals surface area (Å²) in [5.41, 5.74) is 0.633. The fourth-order valence-corrected chi connectivity index (χ4v) is 3.44.